The lowest BCUT2D eigenvalue weighted by atomic mass is 10.2. The van der Waals surface area contributed by atoms with Gasteiger partial charge in [-0.1, -0.05) is 35.9 Å². The predicted molar refractivity (Wildman–Crippen MR) is 80.9 cm³/mol. The SMILES string of the molecule is O=C(CO)Nc1ccccc1NCc1ccc(Cl)cc1. The van der Waals surface area contributed by atoms with E-state index in [1.54, 1.807) is 6.07 Å². The molecule has 0 saturated heterocycles. The monoisotopic (exact) mass is 290 g/mol. The van der Waals surface area contributed by atoms with Gasteiger partial charge in [0, 0.05) is 11.6 Å². The summed E-state index contributed by atoms with van der Waals surface area (Å²) in [4.78, 5) is 11.2. The Kier molecular flexibility index (Phi) is 4.98. The normalized spacial score (nSPS) is 10.1. The topological polar surface area (TPSA) is 61.4 Å². The maximum atomic E-state index is 11.2. The van der Waals surface area contributed by atoms with Gasteiger partial charge in [-0.15, -0.1) is 0 Å². The van der Waals surface area contributed by atoms with Crippen LogP contribution in [0.4, 0.5) is 11.4 Å². The Morgan fingerprint density at radius 2 is 1.70 bits per heavy atom. The van der Waals surface area contributed by atoms with Crippen LogP contribution in [0.25, 0.3) is 0 Å². The lowest BCUT2D eigenvalue weighted by Crippen LogP contribution is -2.16. The quantitative estimate of drug-likeness (QED) is 0.793. The predicted octanol–water partition coefficient (Wildman–Crippen LogP) is 2.88. The van der Waals surface area contributed by atoms with Gasteiger partial charge in [-0.25, -0.2) is 0 Å². The second-order valence-corrected chi connectivity index (χ2v) is 4.67. The molecular weight excluding hydrogens is 276 g/mol. The van der Waals surface area contributed by atoms with Crippen molar-refractivity contribution >= 4 is 28.9 Å². The van der Waals surface area contributed by atoms with Crippen LogP contribution >= 0.6 is 11.6 Å². The van der Waals surface area contributed by atoms with Crippen molar-refractivity contribution in [2.45, 2.75) is 6.54 Å². The number of nitrogens with one attached hydrogen (secondary N) is 2. The number of benzene rings is 2. The van der Waals surface area contributed by atoms with Gasteiger partial charge in [0.2, 0.25) is 5.91 Å². The molecule has 0 saturated carbocycles. The first-order valence-electron chi connectivity index (χ1n) is 6.17. The molecule has 5 heteroatoms. The van der Waals surface area contributed by atoms with E-state index < -0.39 is 12.5 Å². The Hall–Kier alpha value is -2.04. The number of anilines is 2. The number of rotatable bonds is 5. The maximum absolute atomic E-state index is 11.2. The molecule has 0 aliphatic carbocycles. The molecule has 2 aromatic carbocycles. The van der Waals surface area contributed by atoms with Crippen molar-refractivity contribution in [1.29, 1.82) is 0 Å². The van der Waals surface area contributed by atoms with Gasteiger partial charge < -0.3 is 15.7 Å². The van der Waals surface area contributed by atoms with Gasteiger partial charge in [0.05, 0.1) is 11.4 Å². The highest BCUT2D eigenvalue weighted by Crippen LogP contribution is 2.21. The second-order valence-electron chi connectivity index (χ2n) is 4.23. The summed E-state index contributed by atoms with van der Waals surface area (Å²) >= 11 is 5.84. The summed E-state index contributed by atoms with van der Waals surface area (Å²) < 4.78 is 0. The number of amides is 1. The molecule has 0 bridgehead atoms. The van der Waals surface area contributed by atoms with Crippen molar-refractivity contribution in [3.8, 4) is 0 Å². The first-order chi connectivity index (χ1) is 9.69. The number of carbonyl (C=O) groups is 1. The minimum atomic E-state index is -0.536. The molecular formula is C15H15ClN2O2. The largest absolute Gasteiger partial charge is 0.387 e. The van der Waals surface area contributed by atoms with Crippen LogP contribution in [0.5, 0.6) is 0 Å². The van der Waals surface area contributed by atoms with Crippen LogP contribution in [-0.4, -0.2) is 17.6 Å². The lowest BCUT2D eigenvalue weighted by molar-refractivity contribution is -0.118. The molecule has 0 aliphatic rings. The third-order valence-electron chi connectivity index (χ3n) is 2.74. The van der Waals surface area contributed by atoms with Crippen LogP contribution in [-0.2, 0) is 11.3 Å². The Morgan fingerprint density at radius 1 is 1.05 bits per heavy atom. The zero-order valence-corrected chi connectivity index (χ0v) is 11.5. The number of para-hydroxylation sites is 2. The van der Waals surface area contributed by atoms with Crippen molar-refractivity contribution in [1.82, 2.24) is 0 Å². The van der Waals surface area contributed by atoms with Gasteiger partial charge in [0.1, 0.15) is 6.61 Å². The molecule has 2 aromatic rings. The van der Waals surface area contributed by atoms with Crippen molar-refractivity contribution < 1.29 is 9.90 Å². The Bertz CT molecular complexity index is 585. The second kappa shape index (κ2) is 6.93. The molecule has 0 unspecified atom stereocenters. The van der Waals surface area contributed by atoms with Gasteiger partial charge in [-0.3, -0.25) is 4.79 Å². The molecule has 0 heterocycles. The number of aliphatic hydroxyl groups excluding tert-OH is 1. The fourth-order valence-corrected chi connectivity index (χ4v) is 1.86. The zero-order chi connectivity index (χ0) is 14.4. The van der Waals surface area contributed by atoms with Crippen LogP contribution in [0.2, 0.25) is 5.02 Å². The first kappa shape index (κ1) is 14.4. The van der Waals surface area contributed by atoms with Crippen molar-refractivity contribution in [2.75, 3.05) is 17.2 Å². The van der Waals surface area contributed by atoms with Crippen molar-refractivity contribution in [3.63, 3.8) is 0 Å². The Balaban J connectivity index is 2.05. The number of carbonyl (C=O) groups excluding carboxylic acids is 1. The number of halogens is 1. The molecule has 0 atom stereocenters. The molecule has 20 heavy (non-hydrogen) atoms. The van der Waals surface area contributed by atoms with Gasteiger partial charge in [0.25, 0.3) is 0 Å². The average molecular weight is 291 g/mol. The van der Waals surface area contributed by atoms with Gasteiger partial charge in [-0.2, -0.15) is 0 Å². The molecule has 0 radical (unpaired) electrons. The molecule has 1 amide bonds. The highest BCUT2D eigenvalue weighted by molar-refractivity contribution is 6.30. The van der Waals surface area contributed by atoms with E-state index in [9.17, 15) is 4.79 Å². The van der Waals surface area contributed by atoms with E-state index in [4.69, 9.17) is 16.7 Å². The summed E-state index contributed by atoms with van der Waals surface area (Å²) in [6, 6.07) is 14.9. The summed E-state index contributed by atoms with van der Waals surface area (Å²) in [6.45, 7) is 0.0781. The average Bonchev–Trinajstić information content (AvgIpc) is 2.48. The minimum Gasteiger partial charge on any atom is -0.387 e. The molecule has 4 nitrogen and oxygen atoms in total. The van der Waals surface area contributed by atoms with Gasteiger partial charge in [0.15, 0.2) is 0 Å². The summed E-state index contributed by atoms with van der Waals surface area (Å²) in [5, 5.41) is 15.3. The van der Waals surface area contributed by atoms with Crippen LogP contribution in [0.15, 0.2) is 48.5 Å². The molecule has 0 spiro atoms. The molecule has 3 N–H and O–H groups in total. The highest BCUT2D eigenvalue weighted by Gasteiger charge is 2.05. The number of hydrogen-bond donors (Lipinski definition) is 3. The number of aliphatic hydroxyl groups is 1. The standard InChI is InChI=1S/C15H15ClN2O2/c16-12-7-5-11(6-8-12)9-17-13-3-1-2-4-14(13)18-15(20)10-19/h1-8,17,19H,9-10H2,(H,18,20). The molecule has 104 valence electrons. The summed E-state index contributed by atoms with van der Waals surface area (Å²) in [6.07, 6.45) is 0. The molecule has 2 rings (SSSR count). The van der Waals surface area contributed by atoms with E-state index in [0.29, 0.717) is 17.3 Å². The Labute approximate surface area is 122 Å². The fourth-order valence-electron chi connectivity index (χ4n) is 1.74. The van der Waals surface area contributed by atoms with Crippen LogP contribution in [0.3, 0.4) is 0 Å². The highest BCUT2D eigenvalue weighted by atomic mass is 35.5. The van der Waals surface area contributed by atoms with E-state index in [-0.39, 0.29) is 0 Å². The molecule has 0 aliphatic heterocycles. The van der Waals surface area contributed by atoms with E-state index in [1.165, 1.54) is 0 Å². The van der Waals surface area contributed by atoms with E-state index in [0.717, 1.165) is 11.3 Å². The maximum Gasteiger partial charge on any atom is 0.250 e. The lowest BCUT2D eigenvalue weighted by Gasteiger charge is -2.12. The van der Waals surface area contributed by atoms with E-state index >= 15 is 0 Å². The number of hydrogen-bond acceptors (Lipinski definition) is 3. The summed E-state index contributed by atoms with van der Waals surface area (Å²) in [7, 11) is 0. The van der Waals surface area contributed by atoms with Gasteiger partial charge in [-0.05, 0) is 29.8 Å². The van der Waals surface area contributed by atoms with Crippen molar-refractivity contribution in [3.05, 3.63) is 59.1 Å². The molecule has 0 aromatic heterocycles. The minimum absolute atomic E-state index is 0.439. The first-order valence-corrected chi connectivity index (χ1v) is 6.55. The van der Waals surface area contributed by atoms with Crippen LogP contribution < -0.4 is 10.6 Å². The Morgan fingerprint density at radius 3 is 2.35 bits per heavy atom. The smallest absolute Gasteiger partial charge is 0.250 e. The summed E-state index contributed by atoms with van der Waals surface area (Å²) in [5.41, 5.74) is 2.52. The van der Waals surface area contributed by atoms with Crippen LogP contribution in [0, 0.1) is 0 Å². The van der Waals surface area contributed by atoms with E-state index in [2.05, 4.69) is 10.6 Å². The molecule has 0 fully saturated rings. The zero-order valence-electron chi connectivity index (χ0n) is 10.8. The third kappa shape index (κ3) is 3.98. The fraction of sp³-hybridized carbons (Fsp3) is 0.133. The van der Waals surface area contributed by atoms with Gasteiger partial charge >= 0.3 is 0 Å². The van der Waals surface area contributed by atoms with Crippen LogP contribution in [0.1, 0.15) is 5.56 Å². The third-order valence-corrected chi connectivity index (χ3v) is 2.99. The van der Waals surface area contributed by atoms with E-state index in [1.807, 2.05) is 42.5 Å². The summed E-state index contributed by atoms with van der Waals surface area (Å²) in [5.74, 6) is -0.439. The van der Waals surface area contributed by atoms with Crippen molar-refractivity contribution in [2.24, 2.45) is 0 Å².